The number of aliphatic carboxylic acids is 1. The van der Waals surface area contributed by atoms with Crippen LogP contribution in [-0.2, 0) is 15.5 Å². The summed E-state index contributed by atoms with van der Waals surface area (Å²) in [4.78, 5) is 22.0. The number of amides is 1. The second kappa shape index (κ2) is 5.44. The van der Waals surface area contributed by atoms with Crippen LogP contribution in [0, 0.1) is 0 Å². The van der Waals surface area contributed by atoms with Crippen LogP contribution in [0.2, 0.25) is 0 Å². The minimum Gasteiger partial charge on any atom is -0.477 e. The quantitative estimate of drug-likeness (QED) is 0.895. The molecule has 0 aliphatic heterocycles. The number of ether oxygens (including phenoxy) is 1. The van der Waals surface area contributed by atoms with Crippen molar-refractivity contribution < 1.29 is 28.2 Å². The number of halogens is 2. The number of anilines is 1. The number of carboxylic acids is 1. The fourth-order valence-corrected chi connectivity index (χ4v) is 1.34. The zero-order chi connectivity index (χ0) is 15.6. The van der Waals surface area contributed by atoms with Crippen LogP contribution in [0.3, 0.4) is 0 Å². The van der Waals surface area contributed by atoms with E-state index in [4.69, 9.17) is 9.84 Å². The van der Waals surface area contributed by atoms with Crippen LogP contribution >= 0.6 is 0 Å². The largest absolute Gasteiger partial charge is 0.477 e. The normalized spacial score (nSPS) is 11.8. The Morgan fingerprint density at radius 2 is 1.85 bits per heavy atom. The van der Waals surface area contributed by atoms with E-state index in [2.05, 4.69) is 5.32 Å². The lowest BCUT2D eigenvalue weighted by molar-refractivity contribution is -0.166. The van der Waals surface area contributed by atoms with Gasteiger partial charge in [0.15, 0.2) is 0 Å². The molecule has 0 radical (unpaired) electrons. The number of benzene rings is 1. The van der Waals surface area contributed by atoms with Gasteiger partial charge >= 0.3 is 18.0 Å². The molecular weight excluding hydrogens is 272 g/mol. The SMILES string of the molecule is CC(C)(C)OC(=O)Nc1cccc(C(F)(F)C(=O)O)c1. The molecule has 0 aliphatic rings. The molecule has 1 amide bonds. The van der Waals surface area contributed by atoms with Crippen LogP contribution in [-0.4, -0.2) is 22.8 Å². The maximum absolute atomic E-state index is 13.3. The van der Waals surface area contributed by atoms with Gasteiger partial charge in [0.1, 0.15) is 5.60 Å². The molecule has 0 saturated carbocycles. The van der Waals surface area contributed by atoms with Gasteiger partial charge in [-0.05, 0) is 32.9 Å². The number of carbonyl (C=O) groups excluding carboxylic acids is 1. The molecule has 0 bridgehead atoms. The molecule has 110 valence electrons. The minimum atomic E-state index is -4.02. The molecule has 1 aromatic rings. The molecule has 20 heavy (non-hydrogen) atoms. The van der Waals surface area contributed by atoms with Crippen LogP contribution in [0.1, 0.15) is 26.3 Å². The van der Waals surface area contributed by atoms with Crippen molar-refractivity contribution in [1.29, 1.82) is 0 Å². The summed E-state index contributed by atoms with van der Waals surface area (Å²) in [5.74, 6) is -6.28. The maximum Gasteiger partial charge on any atom is 0.412 e. The van der Waals surface area contributed by atoms with Gasteiger partial charge < -0.3 is 9.84 Å². The van der Waals surface area contributed by atoms with Crippen molar-refractivity contribution >= 4 is 17.7 Å². The van der Waals surface area contributed by atoms with E-state index in [1.165, 1.54) is 12.1 Å². The highest BCUT2D eigenvalue weighted by atomic mass is 19.3. The molecule has 0 atom stereocenters. The van der Waals surface area contributed by atoms with Crippen molar-refractivity contribution in [2.75, 3.05) is 5.32 Å². The molecule has 7 heteroatoms. The summed E-state index contributed by atoms with van der Waals surface area (Å²) in [5, 5.41) is 10.7. The smallest absolute Gasteiger partial charge is 0.412 e. The summed E-state index contributed by atoms with van der Waals surface area (Å²) in [6.07, 6.45) is -0.812. The van der Waals surface area contributed by atoms with Crippen molar-refractivity contribution in [2.24, 2.45) is 0 Å². The summed E-state index contributed by atoms with van der Waals surface area (Å²) >= 11 is 0. The third-order valence-electron chi connectivity index (χ3n) is 2.14. The predicted molar refractivity (Wildman–Crippen MR) is 67.8 cm³/mol. The number of hydrogen-bond acceptors (Lipinski definition) is 3. The molecule has 0 fully saturated rings. The monoisotopic (exact) mass is 287 g/mol. The number of carboxylic acid groups (broad SMARTS) is 1. The molecular formula is C13H15F2NO4. The Hall–Kier alpha value is -2.18. The fraction of sp³-hybridized carbons (Fsp3) is 0.385. The Morgan fingerprint density at radius 1 is 1.25 bits per heavy atom. The summed E-state index contributed by atoms with van der Waals surface area (Å²) < 4.78 is 31.6. The molecule has 1 rings (SSSR count). The highest BCUT2D eigenvalue weighted by Gasteiger charge is 2.41. The van der Waals surface area contributed by atoms with Gasteiger partial charge in [0.2, 0.25) is 0 Å². The first-order valence-corrected chi connectivity index (χ1v) is 5.74. The van der Waals surface area contributed by atoms with Crippen molar-refractivity contribution in [1.82, 2.24) is 0 Å². The molecule has 0 saturated heterocycles. The lowest BCUT2D eigenvalue weighted by atomic mass is 10.1. The van der Waals surface area contributed by atoms with Crippen LogP contribution in [0.25, 0.3) is 0 Å². The van der Waals surface area contributed by atoms with E-state index in [0.717, 1.165) is 12.1 Å². The zero-order valence-electron chi connectivity index (χ0n) is 11.2. The molecule has 5 nitrogen and oxygen atoms in total. The fourth-order valence-electron chi connectivity index (χ4n) is 1.34. The van der Waals surface area contributed by atoms with Gasteiger partial charge in [-0.2, -0.15) is 8.78 Å². The first-order valence-electron chi connectivity index (χ1n) is 5.74. The maximum atomic E-state index is 13.3. The first kappa shape index (κ1) is 15.9. The molecule has 0 aliphatic carbocycles. The van der Waals surface area contributed by atoms with Gasteiger partial charge in [0.05, 0.1) is 0 Å². The van der Waals surface area contributed by atoms with Crippen molar-refractivity contribution in [3.8, 4) is 0 Å². The molecule has 0 spiro atoms. The molecule has 2 N–H and O–H groups in total. The number of rotatable bonds is 3. The van der Waals surface area contributed by atoms with Gasteiger partial charge in [0.25, 0.3) is 0 Å². The van der Waals surface area contributed by atoms with Gasteiger partial charge in [-0.25, -0.2) is 9.59 Å². The van der Waals surface area contributed by atoms with E-state index < -0.39 is 29.1 Å². The Balaban J connectivity index is 2.90. The summed E-state index contributed by atoms with van der Waals surface area (Å²) in [7, 11) is 0. The third kappa shape index (κ3) is 4.18. The standard InChI is InChI=1S/C13H15F2NO4/c1-12(2,3)20-11(19)16-9-6-4-5-8(7-9)13(14,15)10(17)18/h4-7H,1-3H3,(H,16,19)(H,17,18). The van der Waals surface area contributed by atoms with Crippen molar-refractivity contribution in [2.45, 2.75) is 32.3 Å². The Labute approximate surface area is 114 Å². The molecule has 1 aromatic carbocycles. The highest BCUT2D eigenvalue weighted by Crippen LogP contribution is 2.29. The predicted octanol–water partition coefficient (Wildman–Crippen LogP) is 3.21. The van der Waals surface area contributed by atoms with Crippen molar-refractivity contribution in [3.63, 3.8) is 0 Å². The average molecular weight is 287 g/mol. The Kier molecular flexibility index (Phi) is 4.32. The van der Waals surface area contributed by atoms with E-state index in [1.54, 1.807) is 20.8 Å². The summed E-state index contributed by atoms with van der Waals surface area (Å²) in [6, 6.07) is 4.43. The lowest BCUT2D eigenvalue weighted by Gasteiger charge is -2.20. The van der Waals surface area contributed by atoms with Crippen molar-refractivity contribution in [3.05, 3.63) is 29.8 Å². The van der Waals surface area contributed by atoms with Crippen LogP contribution < -0.4 is 5.32 Å². The van der Waals surface area contributed by atoms with Crippen LogP contribution in [0.4, 0.5) is 19.3 Å². The summed E-state index contributed by atoms with van der Waals surface area (Å²) in [6.45, 7) is 4.96. The second-order valence-corrected chi connectivity index (χ2v) is 5.09. The van der Waals surface area contributed by atoms with Crippen LogP contribution in [0.15, 0.2) is 24.3 Å². The number of hydrogen-bond donors (Lipinski definition) is 2. The highest BCUT2D eigenvalue weighted by molar-refractivity contribution is 5.85. The van der Waals surface area contributed by atoms with Gasteiger partial charge in [-0.15, -0.1) is 0 Å². The van der Waals surface area contributed by atoms with E-state index in [-0.39, 0.29) is 5.69 Å². The van der Waals surface area contributed by atoms with Crippen LogP contribution in [0.5, 0.6) is 0 Å². The number of nitrogens with one attached hydrogen (secondary N) is 1. The Bertz CT molecular complexity index is 523. The topological polar surface area (TPSA) is 75.6 Å². The van der Waals surface area contributed by atoms with Gasteiger partial charge in [-0.3, -0.25) is 5.32 Å². The van der Waals surface area contributed by atoms with Gasteiger partial charge in [0, 0.05) is 11.3 Å². The average Bonchev–Trinajstić information content (AvgIpc) is 2.26. The van der Waals surface area contributed by atoms with E-state index in [9.17, 15) is 18.4 Å². The molecule has 0 aromatic heterocycles. The number of alkyl halides is 2. The zero-order valence-corrected chi connectivity index (χ0v) is 11.2. The van der Waals surface area contributed by atoms with E-state index in [1.807, 2.05) is 0 Å². The Morgan fingerprint density at radius 3 is 2.35 bits per heavy atom. The van der Waals surface area contributed by atoms with Gasteiger partial charge in [-0.1, -0.05) is 12.1 Å². The molecule has 0 heterocycles. The first-order chi connectivity index (χ1) is 9.02. The second-order valence-electron chi connectivity index (χ2n) is 5.09. The molecule has 0 unspecified atom stereocenters. The summed E-state index contributed by atoms with van der Waals surface area (Å²) in [5.41, 5.74) is -1.43. The minimum absolute atomic E-state index is 0.0256. The lowest BCUT2D eigenvalue weighted by Crippen LogP contribution is -2.28. The third-order valence-corrected chi connectivity index (χ3v) is 2.14. The van der Waals surface area contributed by atoms with E-state index >= 15 is 0 Å². The van der Waals surface area contributed by atoms with E-state index in [0.29, 0.717) is 0 Å². The number of carbonyl (C=O) groups is 2.